The van der Waals surface area contributed by atoms with Crippen LogP contribution in [0.2, 0.25) is 0 Å². The van der Waals surface area contributed by atoms with Crippen molar-refractivity contribution in [1.29, 1.82) is 0 Å². The minimum Gasteiger partial charge on any atom is -0.493 e. The van der Waals surface area contributed by atoms with Crippen LogP contribution in [0.5, 0.6) is 17.2 Å². The highest BCUT2D eigenvalue weighted by molar-refractivity contribution is 5.81. The second kappa shape index (κ2) is 9.13. The van der Waals surface area contributed by atoms with Gasteiger partial charge in [0.05, 0.1) is 20.3 Å². The van der Waals surface area contributed by atoms with E-state index >= 15 is 0 Å². The number of methoxy groups -OCH3 is 2. The molecule has 0 radical (unpaired) electrons. The fraction of sp³-hybridized carbons (Fsp3) is 0.381. The first-order valence-corrected chi connectivity index (χ1v) is 8.74. The lowest BCUT2D eigenvalue weighted by molar-refractivity contribution is -0.128. The maximum absolute atomic E-state index is 12.6. The molecule has 5 nitrogen and oxygen atoms in total. The highest BCUT2D eigenvalue weighted by Crippen LogP contribution is 2.30. The third-order valence-electron chi connectivity index (χ3n) is 4.20. The largest absolute Gasteiger partial charge is 0.493 e. The zero-order valence-corrected chi connectivity index (χ0v) is 16.0. The monoisotopic (exact) mass is 357 g/mol. The average Bonchev–Trinajstić information content (AvgIpc) is 2.65. The van der Waals surface area contributed by atoms with Crippen LogP contribution in [-0.2, 0) is 4.79 Å². The number of amides is 1. The second-order valence-corrected chi connectivity index (χ2v) is 6.18. The number of aryl methyl sites for hydroxylation is 1. The van der Waals surface area contributed by atoms with E-state index in [-0.39, 0.29) is 11.9 Å². The van der Waals surface area contributed by atoms with Crippen molar-refractivity contribution in [3.05, 3.63) is 53.6 Å². The molecule has 0 aliphatic rings. The molecule has 0 aromatic heterocycles. The molecule has 0 spiro atoms. The highest BCUT2D eigenvalue weighted by atomic mass is 16.5. The van der Waals surface area contributed by atoms with E-state index in [2.05, 4.69) is 5.32 Å². The third-order valence-corrected chi connectivity index (χ3v) is 4.20. The second-order valence-electron chi connectivity index (χ2n) is 6.18. The van der Waals surface area contributed by atoms with Crippen LogP contribution in [0.4, 0.5) is 0 Å². The highest BCUT2D eigenvalue weighted by Gasteiger charge is 2.21. The first-order chi connectivity index (χ1) is 12.5. The van der Waals surface area contributed by atoms with Crippen LogP contribution in [0.1, 0.15) is 37.4 Å². The van der Waals surface area contributed by atoms with Crippen LogP contribution < -0.4 is 19.5 Å². The van der Waals surface area contributed by atoms with E-state index in [1.54, 1.807) is 14.2 Å². The van der Waals surface area contributed by atoms with Gasteiger partial charge in [-0.2, -0.15) is 0 Å². The molecule has 0 aliphatic carbocycles. The van der Waals surface area contributed by atoms with E-state index < -0.39 is 6.10 Å². The minimum atomic E-state index is -0.542. The van der Waals surface area contributed by atoms with Gasteiger partial charge in [0.25, 0.3) is 5.91 Å². The number of ether oxygens (including phenoxy) is 3. The molecule has 140 valence electrons. The van der Waals surface area contributed by atoms with E-state index in [0.29, 0.717) is 23.7 Å². The smallest absolute Gasteiger partial charge is 0.261 e. The Morgan fingerprint density at radius 3 is 2.42 bits per heavy atom. The summed E-state index contributed by atoms with van der Waals surface area (Å²) in [5.41, 5.74) is 2.03. The number of nitrogens with one attached hydrogen (secondary N) is 1. The first-order valence-electron chi connectivity index (χ1n) is 8.74. The lowest BCUT2D eigenvalue weighted by atomic mass is 10.1. The predicted octanol–water partition coefficient (Wildman–Crippen LogP) is 4.05. The summed E-state index contributed by atoms with van der Waals surface area (Å²) in [5.74, 6) is 1.85. The molecular formula is C21H27NO4. The van der Waals surface area contributed by atoms with Crippen LogP contribution in [0.15, 0.2) is 42.5 Å². The maximum atomic E-state index is 12.6. The minimum absolute atomic E-state index is 0.142. The zero-order chi connectivity index (χ0) is 19.1. The van der Waals surface area contributed by atoms with Crippen molar-refractivity contribution in [1.82, 2.24) is 5.32 Å². The van der Waals surface area contributed by atoms with Gasteiger partial charge in [-0.15, -0.1) is 0 Å². The molecule has 26 heavy (non-hydrogen) atoms. The molecule has 1 amide bonds. The van der Waals surface area contributed by atoms with E-state index in [9.17, 15) is 4.79 Å². The molecule has 2 rings (SSSR count). The molecule has 2 aromatic carbocycles. The van der Waals surface area contributed by atoms with E-state index in [0.717, 1.165) is 11.1 Å². The van der Waals surface area contributed by atoms with Crippen molar-refractivity contribution in [2.75, 3.05) is 14.2 Å². The van der Waals surface area contributed by atoms with Crippen LogP contribution in [0, 0.1) is 6.92 Å². The van der Waals surface area contributed by atoms with Crippen LogP contribution >= 0.6 is 0 Å². The summed E-state index contributed by atoms with van der Waals surface area (Å²) in [5, 5.41) is 3.01. The Hall–Kier alpha value is -2.69. The molecular weight excluding hydrogens is 330 g/mol. The summed E-state index contributed by atoms with van der Waals surface area (Å²) in [6, 6.07) is 13.1. The molecule has 0 bridgehead atoms. The molecule has 0 saturated heterocycles. The van der Waals surface area contributed by atoms with E-state index in [1.807, 2.05) is 63.2 Å². The Kier molecular flexibility index (Phi) is 6.89. The topological polar surface area (TPSA) is 56.8 Å². The molecule has 2 atom stereocenters. The number of hydrogen-bond acceptors (Lipinski definition) is 4. The molecule has 0 heterocycles. The Balaban J connectivity index is 2.06. The van der Waals surface area contributed by atoms with Gasteiger partial charge in [0, 0.05) is 0 Å². The number of benzene rings is 2. The lowest BCUT2D eigenvalue weighted by Crippen LogP contribution is -2.39. The third kappa shape index (κ3) is 4.91. The quantitative estimate of drug-likeness (QED) is 0.774. The Morgan fingerprint density at radius 2 is 1.81 bits per heavy atom. The summed E-state index contributed by atoms with van der Waals surface area (Å²) >= 11 is 0. The zero-order valence-electron chi connectivity index (χ0n) is 16.0. The van der Waals surface area contributed by atoms with Gasteiger partial charge in [-0.05, 0) is 55.7 Å². The van der Waals surface area contributed by atoms with Gasteiger partial charge in [0.1, 0.15) is 5.75 Å². The summed E-state index contributed by atoms with van der Waals surface area (Å²) in [4.78, 5) is 12.6. The summed E-state index contributed by atoms with van der Waals surface area (Å²) in [6.45, 7) is 5.85. The fourth-order valence-corrected chi connectivity index (χ4v) is 2.69. The van der Waals surface area contributed by atoms with Crippen molar-refractivity contribution < 1.29 is 19.0 Å². The van der Waals surface area contributed by atoms with Crippen LogP contribution in [-0.4, -0.2) is 26.2 Å². The number of hydrogen-bond donors (Lipinski definition) is 1. The van der Waals surface area contributed by atoms with Crippen molar-refractivity contribution >= 4 is 5.91 Å². The van der Waals surface area contributed by atoms with Crippen molar-refractivity contribution in [2.24, 2.45) is 0 Å². The van der Waals surface area contributed by atoms with Crippen LogP contribution in [0.25, 0.3) is 0 Å². The molecule has 0 fully saturated rings. The number of rotatable bonds is 8. The Morgan fingerprint density at radius 1 is 1.08 bits per heavy atom. The SMILES string of the molecule is CC[C@@H](Oc1cccc(C)c1)C(=O)N[C@@H](C)c1ccc(OC)c(OC)c1. The molecule has 0 saturated carbocycles. The first kappa shape index (κ1) is 19.6. The number of carbonyl (C=O) groups excluding carboxylic acids is 1. The average molecular weight is 357 g/mol. The fourth-order valence-electron chi connectivity index (χ4n) is 2.69. The van der Waals surface area contributed by atoms with Crippen molar-refractivity contribution in [2.45, 2.75) is 39.3 Å². The summed E-state index contributed by atoms with van der Waals surface area (Å²) in [7, 11) is 3.19. The van der Waals surface area contributed by atoms with Crippen molar-refractivity contribution in [3.8, 4) is 17.2 Å². The van der Waals surface area contributed by atoms with Crippen molar-refractivity contribution in [3.63, 3.8) is 0 Å². The van der Waals surface area contributed by atoms with Gasteiger partial charge in [-0.1, -0.05) is 25.1 Å². The standard InChI is InChI=1S/C21H27NO4/c1-6-18(26-17-9-7-8-14(2)12-17)21(23)22-15(3)16-10-11-19(24-4)20(13-16)25-5/h7-13,15,18H,6H2,1-5H3,(H,22,23)/t15-,18+/m0/s1. The van der Waals surface area contributed by atoms with E-state index in [4.69, 9.17) is 14.2 Å². The molecule has 5 heteroatoms. The predicted molar refractivity (Wildman–Crippen MR) is 102 cm³/mol. The van der Waals surface area contributed by atoms with E-state index in [1.165, 1.54) is 0 Å². The summed E-state index contributed by atoms with van der Waals surface area (Å²) < 4.78 is 16.4. The maximum Gasteiger partial charge on any atom is 0.261 e. The normalized spacial score (nSPS) is 12.8. The van der Waals surface area contributed by atoms with Gasteiger partial charge >= 0.3 is 0 Å². The molecule has 2 aromatic rings. The lowest BCUT2D eigenvalue weighted by Gasteiger charge is -2.21. The Labute approximate surface area is 155 Å². The molecule has 1 N–H and O–H groups in total. The summed E-state index contributed by atoms with van der Waals surface area (Å²) in [6.07, 6.45) is 0.0395. The van der Waals surface area contributed by atoms with Gasteiger partial charge < -0.3 is 19.5 Å². The van der Waals surface area contributed by atoms with Gasteiger partial charge in [0.2, 0.25) is 0 Å². The molecule has 0 aliphatic heterocycles. The van der Waals surface area contributed by atoms with Gasteiger partial charge in [0.15, 0.2) is 17.6 Å². The van der Waals surface area contributed by atoms with Crippen LogP contribution in [0.3, 0.4) is 0 Å². The van der Waals surface area contributed by atoms with Gasteiger partial charge in [-0.25, -0.2) is 0 Å². The Bertz CT molecular complexity index is 745. The molecule has 0 unspecified atom stereocenters. The van der Waals surface area contributed by atoms with Gasteiger partial charge in [-0.3, -0.25) is 4.79 Å². The number of carbonyl (C=O) groups is 1.